The summed E-state index contributed by atoms with van der Waals surface area (Å²) in [6.07, 6.45) is 2.79. The Bertz CT molecular complexity index is 570. The molecule has 0 aromatic heterocycles. The van der Waals surface area contributed by atoms with Gasteiger partial charge >= 0.3 is 0 Å². The Kier molecular flexibility index (Phi) is 4.18. The molecule has 0 N–H and O–H groups in total. The van der Waals surface area contributed by atoms with Gasteiger partial charge in [-0.3, -0.25) is 0 Å². The molecule has 4 rings (SSSR count). The zero-order chi connectivity index (χ0) is 15.5. The van der Waals surface area contributed by atoms with Gasteiger partial charge in [-0.15, -0.1) is 0 Å². The summed E-state index contributed by atoms with van der Waals surface area (Å²) in [5.74, 6) is 1.63. The first-order valence-corrected chi connectivity index (χ1v) is 8.02. The highest BCUT2D eigenvalue weighted by atomic mass is 16.7. The summed E-state index contributed by atoms with van der Waals surface area (Å²) in [6, 6.07) is 16.2. The first kappa shape index (κ1) is 14.5. The van der Waals surface area contributed by atoms with E-state index in [2.05, 4.69) is 24.3 Å². The van der Waals surface area contributed by atoms with E-state index >= 15 is 0 Å². The molecular formula is C19H20O4. The van der Waals surface area contributed by atoms with E-state index < -0.39 is 0 Å². The van der Waals surface area contributed by atoms with Gasteiger partial charge in [0.2, 0.25) is 6.79 Å². The number of benzene rings is 2. The third-order valence-electron chi connectivity index (χ3n) is 4.03. The Morgan fingerprint density at radius 1 is 0.696 bits per heavy atom. The topological polar surface area (TPSA) is 43.5 Å². The van der Waals surface area contributed by atoms with Crippen LogP contribution < -0.4 is 9.47 Å². The first-order chi connectivity index (χ1) is 11.3. The van der Waals surface area contributed by atoms with E-state index in [4.69, 9.17) is 18.9 Å². The molecule has 2 aromatic carbocycles. The Labute approximate surface area is 135 Å². The van der Waals surface area contributed by atoms with Crippen LogP contribution in [0.2, 0.25) is 0 Å². The Morgan fingerprint density at radius 3 is 1.43 bits per heavy atom. The average Bonchev–Trinajstić information content (AvgIpc) is 3.47. The van der Waals surface area contributed by atoms with Gasteiger partial charge in [0.25, 0.3) is 0 Å². The molecule has 2 aliphatic heterocycles. The van der Waals surface area contributed by atoms with Crippen LogP contribution in [0.3, 0.4) is 0 Å². The second-order valence-electron chi connectivity index (χ2n) is 6.01. The molecule has 4 heteroatoms. The van der Waals surface area contributed by atoms with Crippen molar-refractivity contribution in [2.45, 2.75) is 25.0 Å². The Morgan fingerprint density at radius 2 is 1.09 bits per heavy atom. The lowest BCUT2D eigenvalue weighted by Gasteiger charge is -2.09. The van der Waals surface area contributed by atoms with Gasteiger partial charge in [-0.2, -0.15) is 0 Å². The molecule has 2 aliphatic rings. The maximum atomic E-state index is 5.62. The molecule has 2 unspecified atom stereocenters. The third-order valence-corrected chi connectivity index (χ3v) is 4.03. The molecule has 2 heterocycles. The summed E-state index contributed by atoms with van der Waals surface area (Å²) in [5, 5.41) is 0. The summed E-state index contributed by atoms with van der Waals surface area (Å²) >= 11 is 0. The predicted molar refractivity (Wildman–Crippen MR) is 85.9 cm³/mol. The minimum absolute atomic E-state index is 0.205. The van der Waals surface area contributed by atoms with Crippen LogP contribution in [-0.2, 0) is 22.3 Å². The highest BCUT2D eigenvalue weighted by Gasteiger charge is 2.22. The molecule has 120 valence electrons. The van der Waals surface area contributed by atoms with Crippen molar-refractivity contribution in [1.29, 1.82) is 0 Å². The van der Waals surface area contributed by atoms with E-state index in [1.165, 1.54) is 11.1 Å². The molecular weight excluding hydrogens is 292 g/mol. The summed E-state index contributed by atoms with van der Waals surface area (Å²) in [7, 11) is 0. The second-order valence-corrected chi connectivity index (χ2v) is 6.01. The Balaban J connectivity index is 1.22. The number of epoxide rings is 2. The lowest BCUT2D eigenvalue weighted by molar-refractivity contribution is 0.120. The lowest BCUT2D eigenvalue weighted by Crippen LogP contribution is -2.05. The molecule has 0 spiro atoms. The summed E-state index contributed by atoms with van der Waals surface area (Å²) in [6.45, 7) is 1.98. The van der Waals surface area contributed by atoms with Gasteiger partial charge < -0.3 is 18.9 Å². The van der Waals surface area contributed by atoms with Crippen molar-refractivity contribution in [3.63, 3.8) is 0 Å². The van der Waals surface area contributed by atoms with Gasteiger partial charge in [0.1, 0.15) is 11.5 Å². The van der Waals surface area contributed by atoms with Crippen molar-refractivity contribution in [2.24, 2.45) is 0 Å². The van der Waals surface area contributed by atoms with E-state index in [1.54, 1.807) is 0 Å². The van der Waals surface area contributed by atoms with E-state index in [0.29, 0.717) is 12.2 Å². The van der Waals surface area contributed by atoms with Gasteiger partial charge in [-0.25, -0.2) is 0 Å². The van der Waals surface area contributed by atoms with Crippen molar-refractivity contribution in [2.75, 3.05) is 20.0 Å². The molecule has 2 aromatic rings. The smallest absolute Gasteiger partial charge is 0.230 e. The molecule has 0 bridgehead atoms. The van der Waals surface area contributed by atoms with Crippen LogP contribution in [0.1, 0.15) is 11.1 Å². The largest absolute Gasteiger partial charge is 0.458 e. The number of rotatable bonds is 8. The van der Waals surface area contributed by atoms with E-state index in [9.17, 15) is 0 Å². The molecule has 0 saturated carbocycles. The molecule has 2 saturated heterocycles. The zero-order valence-electron chi connectivity index (χ0n) is 12.9. The molecule has 2 atom stereocenters. The van der Waals surface area contributed by atoms with Gasteiger partial charge in [0.05, 0.1) is 25.4 Å². The molecule has 4 nitrogen and oxygen atoms in total. The van der Waals surface area contributed by atoms with Crippen LogP contribution in [-0.4, -0.2) is 32.2 Å². The standard InChI is InChI=1S/C19H20O4/c1-5-16(6-2-14(1)9-18-11-20-18)22-13-23-17-7-3-15(4-8-17)10-19-12-21-19/h1-8,18-19H,9-13H2. The minimum Gasteiger partial charge on any atom is -0.458 e. The van der Waals surface area contributed by atoms with Crippen molar-refractivity contribution < 1.29 is 18.9 Å². The summed E-state index contributed by atoms with van der Waals surface area (Å²) in [5.41, 5.74) is 2.55. The average molecular weight is 312 g/mol. The maximum absolute atomic E-state index is 5.62. The first-order valence-electron chi connectivity index (χ1n) is 8.02. The maximum Gasteiger partial charge on any atom is 0.230 e. The van der Waals surface area contributed by atoms with E-state index in [1.807, 2.05) is 24.3 Å². The monoisotopic (exact) mass is 312 g/mol. The van der Waals surface area contributed by atoms with Crippen LogP contribution in [0.4, 0.5) is 0 Å². The van der Waals surface area contributed by atoms with Crippen molar-refractivity contribution in [3.8, 4) is 11.5 Å². The SMILES string of the molecule is c1cc(OCOc2ccc(CC3CO3)cc2)ccc1CC1CO1. The number of hydrogen-bond acceptors (Lipinski definition) is 4. The van der Waals surface area contributed by atoms with Crippen molar-refractivity contribution in [3.05, 3.63) is 59.7 Å². The van der Waals surface area contributed by atoms with Crippen molar-refractivity contribution in [1.82, 2.24) is 0 Å². The molecule has 2 fully saturated rings. The van der Waals surface area contributed by atoms with Crippen LogP contribution in [0, 0.1) is 0 Å². The van der Waals surface area contributed by atoms with Gasteiger partial charge in [0.15, 0.2) is 0 Å². The molecule has 0 radical (unpaired) electrons. The molecule has 0 amide bonds. The quantitative estimate of drug-likeness (QED) is 0.555. The highest BCUT2D eigenvalue weighted by Crippen LogP contribution is 2.20. The fourth-order valence-corrected chi connectivity index (χ4v) is 2.51. The molecule has 0 aliphatic carbocycles. The predicted octanol–water partition coefficient (Wildman–Crippen LogP) is 2.98. The Hall–Kier alpha value is -2.04. The fourth-order valence-electron chi connectivity index (χ4n) is 2.51. The van der Waals surface area contributed by atoms with Crippen LogP contribution in [0.5, 0.6) is 11.5 Å². The van der Waals surface area contributed by atoms with Crippen molar-refractivity contribution >= 4 is 0 Å². The van der Waals surface area contributed by atoms with E-state index in [0.717, 1.165) is 37.6 Å². The van der Waals surface area contributed by atoms with Gasteiger partial charge in [0, 0.05) is 12.8 Å². The summed E-state index contributed by atoms with van der Waals surface area (Å²) < 4.78 is 21.7. The van der Waals surface area contributed by atoms with Gasteiger partial charge in [-0.05, 0) is 35.4 Å². The van der Waals surface area contributed by atoms with Crippen LogP contribution >= 0.6 is 0 Å². The number of ether oxygens (including phenoxy) is 4. The normalized spacial score (nSPS) is 21.7. The second kappa shape index (κ2) is 6.60. The number of hydrogen-bond donors (Lipinski definition) is 0. The van der Waals surface area contributed by atoms with Crippen LogP contribution in [0.15, 0.2) is 48.5 Å². The zero-order valence-corrected chi connectivity index (χ0v) is 12.9. The third kappa shape index (κ3) is 4.47. The van der Waals surface area contributed by atoms with Crippen LogP contribution in [0.25, 0.3) is 0 Å². The minimum atomic E-state index is 0.205. The molecule has 23 heavy (non-hydrogen) atoms. The van der Waals surface area contributed by atoms with E-state index in [-0.39, 0.29) is 6.79 Å². The highest BCUT2D eigenvalue weighted by molar-refractivity contribution is 5.29. The van der Waals surface area contributed by atoms with Gasteiger partial charge in [-0.1, -0.05) is 24.3 Å². The lowest BCUT2D eigenvalue weighted by atomic mass is 10.1. The fraction of sp³-hybridized carbons (Fsp3) is 0.368. The summed E-state index contributed by atoms with van der Waals surface area (Å²) in [4.78, 5) is 0.